The molecule has 120 valence electrons. The first-order chi connectivity index (χ1) is 11.2. The van der Waals surface area contributed by atoms with Gasteiger partial charge in [0.25, 0.3) is 0 Å². The molecule has 0 bridgehead atoms. The summed E-state index contributed by atoms with van der Waals surface area (Å²) < 4.78 is 7.43. The van der Waals surface area contributed by atoms with Crippen LogP contribution in [0.15, 0.2) is 43.0 Å². The number of nitrogens with zero attached hydrogens (tertiary/aromatic N) is 3. The minimum atomic E-state index is -0.199. The topological polar surface area (TPSA) is 76.5 Å². The number of nitrogens with one attached hydrogen (secondary N) is 1. The van der Waals surface area contributed by atoms with Crippen molar-refractivity contribution >= 4 is 17.5 Å². The molecule has 0 spiro atoms. The molecule has 1 aromatic heterocycles. The second-order valence-corrected chi connectivity index (χ2v) is 5.20. The lowest BCUT2D eigenvalue weighted by atomic mass is 10.2. The molecule has 1 aromatic carbocycles. The standard InChI is InChI=1S/C16H18N4O3/c21-15(18-7-9-19-8-6-17-12-19)11-20-13-3-1-2-4-14(13)23-10-5-16(20)22/h1-4,6,8,12H,5,7,9-11H2,(H,18,21). The molecule has 0 saturated carbocycles. The Labute approximate surface area is 133 Å². The smallest absolute Gasteiger partial charge is 0.240 e. The zero-order valence-corrected chi connectivity index (χ0v) is 12.6. The largest absolute Gasteiger partial charge is 0.491 e. The number of fused-ring (bicyclic) bond motifs is 1. The van der Waals surface area contributed by atoms with Crippen molar-refractivity contribution in [3.63, 3.8) is 0 Å². The molecule has 0 unspecified atom stereocenters. The molecule has 0 saturated heterocycles. The van der Waals surface area contributed by atoms with Gasteiger partial charge in [-0.25, -0.2) is 4.98 Å². The average Bonchev–Trinajstić information content (AvgIpc) is 3.01. The Morgan fingerprint density at radius 3 is 3.04 bits per heavy atom. The number of para-hydroxylation sites is 2. The van der Waals surface area contributed by atoms with Gasteiger partial charge in [0.05, 0.1) is 25.0 Å². The Kier molecular flexibility index (Phi) is 4.56. The fourth-order valence-corrected chi connectivity index (χ4v) is 2.44. The van der Waals surface area contributed by atoms with E-state index in [2.05, 4.69) is 10.3 Å². The molecular weight excluding hydrogens is 296 g/mol. The zero-order valence-electron chi connectivity index (χ0n) is 12.6. The van der Waals surface area contributed by atoms with E-state index in [9.17, 15) is 9.59 Å². The van der Waals surface area contributed by atoms with Crippen LogP contribution in [0.1, 0.15) is 6.42 Å². The first kappa shape index (κ1) is 15.1. The monoisotopic (exact) mass is 314 g/mol. The van der Waals surface area contributed by atoms with Crippen LogP contribution in [0.4, 0.5) is 5.69 Å². The number of aromatic nitrogens is 2. The van der Waals surface area contributed by atoms with Crippen molar-refractivity contribution in [3.8, 4) is 5.75 Å². The molecule has 1 aliphatic heterocycles. The number of benzene rings is 1. The van der Waals surface area contributed by atoms with Crippen LogP contribution >= 0.6 is 0 Å². The van der Waals surface area contributed by atoms with Crippen molar-refractivity contribution in [2.24, 2.45) is 0 Å². The van der Waals surface area contributed by atoms with Crippen LogP contribution in [0.2, 0.25) is 0 Å². The van der Waals surface area contributed by atoms with Gasteiger partial charge in [-0.2, -0.15) is 0 Å². The molecule has 1 aliphatic rings. The van der Waals surface area contributed by atoms with Crippen LogP contribution < -0.4 is 15.0 Å². The Bertz CT molecular complexity index is 684. The van der Waals surface area contributed by atoms with Gasteiger partial charge in [0.1, 0.15) is 12.3 Å². The second kappa shape index (κ2) is 6.95. The maximum Gasteiger partial charge on any atom is 0.240 e. The van der Waals surface area contributed by atoms with Crippen LogP contribution in [0, 0.1) is 0 Å². The van der Waals surface area contributed by atoms with Crippen molar-refractivity contribution in [2.45, 2.75) is 13.0 Å². The number of rotatable bonds is 5. The minimum Gasteiger partial charge on any atom is -0.491 e. The Balaban J connectivity index is 1.61. The summed E-state index contributed by atoms with van der Waals surface area (Å²) in [4.78, 5) is 29.8. The second-order valence-electron chi connectivity index (χ2n) is 5.20. The van der Waals surface area contributed by atoms with E-state index in [1.807, 2.05) is 22.9 Å². The summed E-state index contributed by atoms with van der Waals surface area (Å²) >= 11 is 0. The van der Waals surface area contributed by atoms with Gasteiger partial charge in [-0.1, -0.05) is 12.1 Å². The molecule has 1 N–H and O–H groups in total. The highest BCUT2D eigenvalue weighted by atomic mass is 16.5. The van der Waals surface area contributed by atoms with E-state index in [1.165, 1.54) is 4.90 Å². The SMILES string of the molecule is O=C(CN1C(=O)CCOc2ccccc21)NCCn1ccnc1. The third-order valence-corrected chi connectivity index (χ3v) is 3.58. The molecule has 2 heterocycles. The van der Waals surface area contributed by atoms with Crippen molar-refractivity contribution in [1.82, 2.24) is 14.9 Å². The van der Waals surface area contributed by atoms with E-state index in [4.69, 9.17) is 4.74 Å². The maximum atomic E-state index is 12.2. The predicted octanol–water partition coefficient (Wildman–Crippen LogP) is 0.815. The fraction of sp³-hybridized carbons (Fsp3) is 0.312. The summed E-state index contributed by atoms with van der Waals surface area (Å²) in [5.41, 5.74) is 0.639. The number of imidazole rings is 1. The Morgan fingerprint density at radius 1 is 1.35 bits per heavy atom. The van der Waals surface area contributed by atoms with Crippen LogP contribution in [-0.4, -0.2) is 41.1 Å². The number of ether oxygens (including phenoxy) is 1. The molecule has 7 heteroatoms. The molecule has 0 atom stereocenters. The predicted molar refractivity (Wildman–Crippen MR) is 84.1 cm³/mol. The zero-order chi connectivity index (χ0) is 16.1. The van der Waals surface area contributed by atoms with E-state index >= 15 is 0 Å². The molecule has 7 nitrogen and oxygen atoms in total. The average molecular weight is 314 g/mol. The highest BCUT2D eigenvalue weighted by Crippen LogP contribution is 2.30. The van der Waals surface area contributed by atoms with Gasteiger partial charge in [0.15, 0.2) is 0 Å². The molecule has 2 amide bonds. The lowest BCUT2D eigenvalue weighted by Crippen LogP contribution is -2.41. The van der Waals surface area contributed by atoms with Crippen molar-refractivity contribution < 1.29 is 14.3 Å². The van der Waals surface area contributed by atoms with Gasteiger partial charge in [-0.3, -0.25) is 14.5 Å². The van der Waals surface area contributed by atoms with Crippen LogP contribution in [0.3, 0.4) is 0 Å². The summed E-state index contributed by atoms with van der Waals surface area (Å²) in [5, 5.41) is 2.82. The van der Waals surface area contributed by atoms with E-state index in [1.54, 1.807) is 24.7 Å². The molecule has 0 radical (unpaired) electrons. The Morgan fingerprint density at radius 2 is 2.22 bits per heavy atom. The lowest BCUT2D eigenvalue weighted by Gasteiger charge is -2.21. The van der Waals surface area contributed by atoms with Gasteiger partial charge in [0, 0.05) is 25.5 Å². The van der Waals surface area contributed by atoms with Crippen molar-refractivity contribution in [1.29, 1.82) is 0 Å². The van der Waals surface area contributed by atoms with Gasteiger partial charge < -0.3 is 14.6 Å². The van der Waals surface area contributed by atoms with E-state index in [0.717, 1.165) is 0 Å². The van der Waals surface area contributed by atoms with Gasteiger partial charge in [-0.05, 0) is 12.1 Å². The van der Waals surface area contributed by atoms with Gasteiger partial charge in [-0.15, -0.1) is 0 Å². The summed E-state index contributed by atoms with van der Waals surface area (Å²) in [7, 11) is 0. The van der Waals surface area contributed by atoms with E-state index in [-0.39, 0.29) is 24.8 Å². The molecular formula is C16H18N4O3. The fourth-order valence-electron chi connectivity index (χ4n) is 2.44. The molecule has 0 aliphatic carbocycles. The number of hydrogen-bond donors (Lipinski definition) is 1. The first-order valence-corrected chi connectivity index (χ1v) is 7.48. The summed E-state index contributed by atoms with van der Waals surface area (Å²) in [5.74, 6) is 0.319. The number of carbonyl (C=O) groups is 2. The summed E-state index contributed by atoms with van der Waals surface area (Å²) in [6, 6.07) is 7.26. The van der Waals surface area contributed by atoms with E-state index in [0.29, 0.717) is 31.1 Å². The van der Waals surface area contributed by atoms with Crippen LogP contribution in [0.25, 0.3) is 0 Å². The lowest BCUT2D eigenvalue weighted by molar-refractivity contribution is -0.123. The minimum absolute atomic E-state index is 0.0108. The van der Waals surface area contributed by atoms with Crippen molar-refractivity contribution in [2.75, 3.05) is 24.6 Å². The van der Waals surface area contributed by atoms with E-state index < -0.39 is 0 Å². The van der Waals surface area contributed by atoms with Gasteiger partial charge >= 0.3 is 0 Å². The summed E-state index contributed by atoms with van der Waals surface area (Å²) in [6.45, 7) is 1.44. The maximum absolute atomic E-state index is 12.2. The normalized spacial score (nSPS) is 13.9. The highest BCUT2D eigenvalue weighted by molar-refractivity contribution is 6.00. The molecule has 3 rings (SSSR count). The number of amides is 2. The number of hydrogen-bond acceptors (Lipinski definition) is 4. The number of anilines is 1. The number of carbonyl (C=O) groups excluding carboxylic acids is 2. The highest BCUT2D eigenvalue weighted by Gasteiger charge is 2.24. The quantitative estimate of drug-likeness (QED) is 0.886. The third-order valence-electron chi connectivity index (χ3n) is 3.58. The van der Waals surface area contributed by atoms with Crippen LogP contribution in [0.5, 0.6) is 5.75 Å². The summed E-state index contributed by atoms with van der Waals surface area (Å²) in [6.07, 6.45) is 5.47. The molecule has 0 fully saturated rings. The molecule has 23 heavy (non-hydrogen) atoms. The Hall–Kier alpha value is -2.83. The third kappa shape index (κ3) is 3.68. The first-order valence-electron chi connectivity index (χ1n) is 7.48. The van der Waals surface area contributed by atoms with Crippen molar-refractivity contribution in [3.05, 3.63) is 43.0 Å². The molecule has 2 aromatic rings. The van der Waals surface area contributed by atoms with Gasteiger partial charge in [0.2, 0.25) is 11.8 Å². The van der Waals surface area contributed by atoms with Crippen LogP contribution in [-0.2, 0) is 16.1 Å².